The Hall–Kier alpha value is -2.02. The Bertz CT molecular complexity index is 573. The van der Waals surface area contributed by atoms with E-state index in [0.29, 0.717) is 11.4 Å². The Morgan fingerprint density at radius 3 is 2.80 bits per heavy atom. The van der Waals surface area contributed by atoms with Crippen LogP contribution in [0.15, 0.2) is 18.2 Å². The number of benzene rings is 1. The molecule has 0 aromatic heterocycles. The van der Waals surface area contributed by atoms with Gasteiger partial charge in [0.25, 0.3) is 5.24 Å². The van der Waals surface area contributed by atoms with Gasteiger partial charge in [-0.05, 0) is 19.1 Å². The molecule has 1 saturated heterocycles. The van der Waals surface area contributed by atoms with Crippen LogP contribution in [0, 0.1) is 6.92 Å². The number of amides is 2. The average Bonchev–Trinajstić information content (AvgIpc) is 2.86. The van der Waals surface area contributed by atoms with Crippen molar-refractivity contribution in [3.8, 4) is 0 Å². The molecule has 20 heavy (non-hydrogen) atoms. The molecule has 1 aromatic rings. The lowest BCUT2D eigenvalue weighted by atomic mass is 10.1. The third-order valence-corrected chi connectivity index (χ3v) is 3.71. The van der Waals surface area contributed by atoms with E-state index < -0.39 is 12.0 Å². The number of ether oxygens (including phenoxy) is 1. The van der Waals surface area contributed by atoms with Crippen molar-refractivity contribution in [1.82, 2.24) is 5.32 Å². The highest BCUT2D eigenvalue weighted by Crippen LogP contribution is 2.20. The number of hydrogen-bond donors (Lipinski definition) is 2. The standard InChI is InChI=1S/C13H14N2O4S/c1-7-3-4-9(8(5-7)12(17)19-2)14-11(16)10-6-20-13(18)15-10/h3-5,10H,6H2,1-2H3,(H,14,16)(H,15,18). The summed E-state index contributed by atoms with van der Waals surface area (Å²) >= 11 is 1.06. The summed E-state index contributed by atoms with van der Waals surface area (Å²) in [6.07, 6.45) is 0. The monoisotopic (exact) mass is 294 g/mol. The minimum Gasteiger partial charge on any atom is -0.465 e. The zero-order valence-corrected chi connectivity index (χ0v) is 11.9. The van der Waals surface area contributed by atoms with Crippen molar-refractivity contribution in [1.29, 1.82) is 0 Å². The van der Waals surface area contributed by atoms with Gasteiger partial charge in [-0.1, -0.05) is 23.4 Å². The number of esters is 1. The molecule has 1 heterocycles. The fourth-order valence-corrected chi connectivity index (χ4v) is 2.57. The van der Waals surface area contributed by atoms with E-state index in [1.807, 2.05) is 6.92 Å². The van der Waals surface area contributed by atoms with Crippen LogP contribution in [0.1, 0.15) is 15.9 Å². The maximum absolute atomic E-state index is 12.0. The molecular weight excluding hydrogens is 280 g/mol. The molecule has 0 saturated carbocycles. The highest BCUT2D eigenvalue weighted by molar-refractivity contribution is 8.14. The number of hydrogen-bond acceptors (Lipinski definition) is 5. The van der Waals surface area contributed by atoms with Crippen LogP contribution in [0.5, 0.6) is 0 Å². The van der Waals surface area contributed by atoms with Gasteiger partial charge in [0.05, 0.1) is 18.4 Å². The molecule has 6 nitrogen and oxygen atoms in total. The largest absolute Gasteiger partial charge is 0.465 e. The summed E-state index contributed by atoms with van der Waals surface area (Å²) < 4.78 is 4.69. The molecular formula is C13H14N2O4S. The summed E-state index contributed by atoms with van der Waals surface area (Å²) in [5.41, 5.74) is 1.55. The first-order valence-electron chi connectivity index (χ1n) is 5.94. The van der Waals surface area contributed by atoms with E-state index >= 15 is 0 Å². The zero-order valence-electron chi connectivity index (χ0n) is 11.1. The first-order chi connectivity index (χ1) is 9.51. The fourth-order valence-electron chi connectivity index (χ4n) is 1.79. The van der Waals surface area contributed by atoms with E-state index in [1.54, 1.807) is 18.2 Å². The van der Waals surface area contributed by atoms with Gasteiger partial charge in [0.15, 0.2) is 0 Å². The second-order valence-electron chi connectivity index (χ2n) is 4.33. The highest BCUT2D eigenvalue weighted by atomic mass is 32.2. The lowest BCUT2D eigenvalue weighted by molar-refractivity contribution is -0.117. The van der Waals surface area contributed by atoms with Gasteiger partial charge in [0, 0.05) is 5.75 Å². The number of carbonyl (C=O) groups excluding carboxylic acids is 3. The van der Waals surface area contributed by atoms with Gasteiger partial charge in [-0.2, -0.15) is 0 Å². The van der Waals surface area contributed by atoms with Gasteiger partial charge >= 0.3 is 5.97 Å². The molecule has 106 valence electrons. The van der Waals surface area contributed by atoms with Crippen molar-refractivity contribution < 1.29 is 19.1 Å². The Morgan fingerprint density at radius 2 is 2.20 bits per heavy atom. The van der Waals surface area contributed by atoms with E-state index in [1.165, 1.54) is 7.11 Å². The van der Waals surface area contributed by atoms with E-state index in [9.17, 15) is 14.4 Å². The minimum atomic E-state index is -0.584. The molecule has 1 atom stereocenters. The Balaban J connectivity index is 2.18. The number of anilines is 1. The Labute approximate surface area is 120 Å². The lowest BCUT2D eigenvalue weighted by Gasteiger charge is -2.13. The minimum absolute atomic E-state index is 0.220. The van der Waals surface area contributed by atoms with Crippen LogP contribution < -0.4 is 10.6 Å². The normalized spacial score (nSPS) is 17.5. The van der Waals surface area contributed by atoms with Gasteiger partial charge < -0.3 is 15.4 Å². The molecule has 0 bridgehead atoms. The molecule has 1 unspecified atom stereocenters. The van der Waals surface area contributed by atoms with Crippen LogP contribution in [-0.4, -0.2) is 36.0 Å². The zero-order chi connectivity index (χ0) is 14.7. The van der Waals surface area contributed by atoms with Crippen LogP contribution in [0.25, 0.3) is 0 Å². The quantitative estimate of drug-likeness (QED) is 0.826. The van der Waals surface area contributed by atoms with E-state index in [4.69, 9.17) is 4.74 Å². The summed E-state index contributed by atoms with van der Waals surface area (Å²) in [7, 11) is 1.28. The molecule has 0 radical (unpaired) electrons. The van der Waals surface area contributed by atoms with Gasteiger partial charge in [0.2, 0.25) is 5.91 Å². The summed E-state index contributed by atoms with van der Waals surface area (Å²) in [4.78, 5) is 34.8. The smallest absolute Gasteiger partial charge is 0.339 e. The summed E-state index contributed by atoms with van der Waals surface area (Å²) in [6.45, 7) is 1.84. The van der Waals surface area contributed by atoms with Gasteiger partial charge in [0.1, 0.15) is 6.04 Å². The molecule has 0 aliphatic carbocycles. The van der Waals surface area contributed by atoms with Crippen molar-refractivity contribution in [2.75, 3.05) is 18.2 Å². The number of aryl methyl sites for hydroxylation is 1. The van der Waals surface area contributed by atoms with Crippen molar-refractivity contribution in [3.63, 3.8) is 0 Å². The van der Waals surface area contributed by atoms with E-state index in [0.717, 1.165) is 17.3 Å². The maximum Gasteiger partial charge on any atom is 0.339 e. The first kappa shape index (κ1) is 14.4. The number of carbonyl (C=O) groups is 3. The molecule has 7 heteroatoms. The molecule has 1 aliphatic heterocycles. The van der Waals surface area contributed by atoms with Gasteiger partial charge in [-0.15, -0.1) is 0 Å². The van der Waals surface area contributed by atoms with Crippen molar-refractivity contribution in [2.45, 2.75) is 13.0 Å². The summed E-state index contributed by atoms with van der Waals surface area (Å²) in [6, 6.07) is 4.48. The third kappa shape index (κ3) is 3.11. The van der Waals surface area contributed by atoms with Crippen molar-refractivity contribution >= 4 is 34.6 Å². The van der Waals surface area contributed by atoms with Crippen LogP contribution in [-0.2, 0) is 9.53 Å². The van der Waals surface area contributed by atoms with Crippen LogP contribution >= 0.6 is 11.8 Å². The Kier molecular flexibility index (Phi) is 4.29. The fraction of sp³-hybridized carbons (Fsp3) is 0.308. The average molecular weight is 294 g/mol. The van der Waals surface area contributed by atoms with Gasteiger partial charge in [-0.25, -0.2) is 4.79 Å². The predicted molar refractivity (Wildman–Crippen MR) is 75.9 cm³/mol. The molecule has 2 N–H and O–H groups in total. The number of nitrogens with one attached hydrogen (secondary N) is 2. The molecule has 1 fully saturated rings. The number of rotatable bonds is 3. The second-order valence-corrected chi connectivity index (χ2v) is 5.32. The number of methoxy groups -OCH3 is 1. The molecule has 2 amide bonds. The summed E-state index contributed by atoms with van der Waals surface area (Å²) in [5, 5.41) is 4.97. The topological polar surface area (TPSA) is 84.5 Å². The molecule has 1 aliphatic rings. The number of thioether (sulfide) groups is 1. The molecule has 0 spiro atoms. The van der Waals surface area contributed by atoms with Crippen LogP contribution in [0.4, 0.5) is 10.5 Å². The predicted octanol–water partition coefficient (Wildman–Crippen LogP) is 1.55. The lowest BCUT2D eigenvalue weighted by Crippen LogP contribution is -2.38. The third-order valence-electron chi connectivity index (χ3n) is 2.83. The van der Waals surface area contributed by atoms with Gasteiger partial charge in [-0.3, -0.25) is 9.59 Å². The van der Waals surface area contributed by atoms with Crippen LogP contribution in [0.2, 0.25) is 0 Å². The maximum atomic E-state index is 12.0. The SMILES string of the molecule is COC(=O)c1cc(C)ccc1NC(=O)C1CSC(=O)N1. The van der Waals surface area contributed by atoms with E-state index in [2.05, 4.69) is 10.6 Å². The highest BCUT2D eigenvalue weighted by Gasteiger charge is 2.28. The summed E-state index contributed by atoms with van der Waals surface area (Å²) in [5.74, 6) is -0.490. The Morgan fingerprint density at radius 1 is 1.45 bits per heavy atom. The van der Waals surface area contributed by atoms with Crippen LogP contribution in [0.3, 0.4) is 0 Å². The van der Waals surface area contributed by atoms with Crippen molar-refractivity contribution in [3.05, 3.63) is 29.3 Å². The second kappa shape index (κ2) is 5.96. The van der Waals surface area contributed by atoms with Crippen molar-refractivity contribution in [2.24, 2.45) is 0 Å². The molecule has 2 rings (SSSR count). The molecule has 1 aromatic carbocycles. The van der Waals surface area contributed by atoms with E-state index in [-0.39, 0.29) is 16.7 Å². The first-order valence-corrected chi connectivity index (χ1v) is 6.93.